The van der Waals surface area contributed by atoms with Crippen molar-refractivity contribution >= 4 is 20.1 Å². The van der Waals surface area contributed by atoms with E-state index in [0.717, 1.165) is 12.8 Å². The summed E-state index contributed by atoms with van der Waals surface area (Å²) in [5.74, 6) is -0.319. The highest BCUT2D eigenvalue weighted by molar-refractivity contribution is 6.74. The summed E-state index contributed by atoms with van der Waals surface area (Å²) in [7, 11) is -2.14. The molecular weight excluding hydrogens is 402 g/mol. The van der Waals surface area contributed by atoms with Crippen LogP contribution in [0, 0.1) is 11.3 Å². The molecule has 0 radical (unpaired) electrons. The van der Waals surface area contributed by atoms with Crippen LogP contribution in [-0.4, -0.2) is 42.7 Å². The highest BCUT2D eigenvalue weighted by atomic mass is 28.4. The van der Waals surface area contributed by atoms with E-state index in [0.29, 0.717) is 0 Å². The summed E-state index contributed by atoms with van der Waals surface area (Å²) in [6.45, 7) is 14.7. The summed E-state index contributed by atoms with van der Waals surface area (Å²) in [5.41, 5.74) is 4.89. The Labute approximate surface area is 179 Å². The molecule has 3 rings (SSSR count). The average Bonchev–Trinajstić information content (AvgIpc) is 3.35. The van der Waals surface area contributed by atoms with Gasteiger partial charge in [-0.05, 0) is 37.0 Å². The molecule has 1 aliphatic heterocycles. The largest absolute Gasteiger partial charge is 0.463 e. The van der Waals surface area contributed by atoms with Crippen LogP contribution in [0.1, 0.15) is 53.7 Å². The van der Waals surface area contributed by atoms with E-state index in [4.69, 9.17) is 19.6 Å². The van der Waals surface area contributed by atoms with E-state index >= 15 is 0 Å². The monoisotopic (exact) mass is 437 g/mol. The molecule has 3 atom stereocenters. The Bertz CT molecular complexity index is 857. The van der Waals surface area contributed by atoms with E-state index in [2.05, 4.69) is 38.8 Å². The number of hydrogen-bond donors (Lipinski definition) is 1. The van der Waals surface area contributed by atoms with Crippen molar-refractivity contribution in [2.24, 2.45) is 11.3 Å². The molecule has 2 fully saturated rings. The summed E-state index contributed by atoms with van der Waals surface area (Å²) in [4.78, 5) is 28.5. The van der Waals surface area contributed by atoms with Crippen molar-refractivity contribution in [1.29, 1.82) is 0 Å². The van der Waals surface area contributed by atoms with Gasteiger partial charge in [-0.15, -0.1) is 0 Å². The van der Waals surface area contributed by atoms with Gasteiger partial charge in [-0.1, -0.05) is 34.6 Å². The van der Waals surface area contributed by atoms with Gasteiger partial charge in [-0.2, -0.15) is 4.98 Å². The van der Waals surface area contributed by atoms with Crippen molar-refractivity contribution < 1.29 is 18.7 Å². The molecule has 168 valence electrons. The third kappa shape index (κ3) is 4.20. The Morgan fingerprint density at radius 1 is 1.40 bits per heavy atom. The van der Waals surface area contributed by atoms with Crippen molar-refractivity contribution in [2.75, 3.05) is 12.3 Å². The van der Waals surface area contributed by atoms with E-state index in [1.54, 1.807) is 26.1 Å². The van der Waals surface area contributed by atoms with Crippen LogP contribution in [0.5, 0.6) is 0 Å². The number of hydrogen-bond acceptors (Lipinski definition) is 7. The second-order valence-electron chi connectivity index (χ2n) is 10.4. The summed E-state index contributed by atoms with van der Waals surface area (Å²) in [6, 6.07) is 1.59. The van der Waals surface area contributed by atoms with Crippen LogP contribution in [-0.2, 0) is 18.7 Å². The molecule has 9 heteroatoms. The summed E-state index contributed by atoms with van der Waals surface area (Å²) in [6.07, 6.45) is 2.16. The smallest absolute Gasteiger partial charge is 0.351 e. The number of nitrogens with zero attached hydrogens (tertiary/aromatic N) is 2. The van der Waals surface area contributed by atoms with Crippen LogP contribution in [0.2, 0.25) is 18.1 Å². The van der Waals surface area contributed by atoms with Crippen molar-refractivity contribution in [3.05, 3.63) is 22.7 Å². The minimum atomic E-state index is -2.14. The molecule has 1 saturated carbocycles. The van der Waals surface area contributed by atoms with Gasteiger partial charge in [0.15, 0.2) is 8.32 Å². The van der Waals surface area contributed by atoms with Crippen LogP contribution < -0.4 is 11.4 Å². The van der Waals surface area contributed by atoms with E-state index in [1.807, 2.05) is 0 Å². The molecule has 0 unspecified atom stereocenters. The fourth-order valence-electron chi connectivity index (χ4n) is 3.65. The first-order valence-corrected chi connectivity index (χ1v) is 13.5. The lowest BCUT2D eigenvalue weighted by Crippen LogP contribution is -2.49. The lowest BCUT2D eigenvalue weighted by molar-refractivity contribution is -0.153. The van der Waals surface area contributed by atoms with E-state index < -0.39 is 26.3 Å². The first kappa shape index (κ1) is 23.0. The molecule has 0 aromatic carbocycles. The second kappa shape index (κ2) is 7.76. The molecule has 2 N–H and O–H groups in total. The molecule has 0 amide bonds. The Morgan fingerprint density at radius 3 is 2.53 bits per heavy atom. The Morgan fingerprint density at radius 2 is 2.03 bits per heavy atom. The molecule has 2 aliphatic rings. The van der Waals surface area contributed by atoms with Crippen LogP contribution in [0.4, 0.5) is 5.82 Å². The Balaban J connectivity index is 1.93. The third-order valence-electron chi connectivity index (χ3n) is 6.72. The van der Waals surface area contributed by atoms with E-state index in [1.165, 1.54) is 4.57 Å². The maximum atomic E-state index is 12.5. The maximum Gasteiger partial charge on any atom is 0.351 e. The van der Waals surface area contributed by atoms with Crippen molar-refractivity contribution in [1.82, 2.24) is 9.55 Å². The first-order chi connectivity index (χ1) is 13.8. The number of esters is 1. The van der Waals surface area contributed by atoms with Crippen LogP contribution >= 0.6 is 0 Å². The van der Waals surface area contributed by atoms with Crippen LogP contribution in [0.3, 0.4) is 0 Å². The van der Waals surface area contributed by atoms with Crippen molar-refractivity contribution in [3.8, 4) is 0 Å². The number of ether oxygens (including phenoxy) is 2. The zero-order valence-corrected chi connectivity index (χ0v) is 20.1. The minimum absolute atomic E-state index is 0.0138. The highest BCUT2D eigenvalue weighted by Gasteiger charge is 2.66. The number of nitrogens with two attached hydrogens (primary N) is 1. The number of rotatable bonds is 6. The SMILES string of the molecule is CC(C)C(=O)OC[C@H]1O[C@@H](n2ccc(N)nc2=O)C2(CC2)[C@@H]1O[Si](C)(C)C(C)(C)C. The molecule has 0 bridgehead atoms. The number of aromatic nitrogens is 2. The van der Waals surface area contributed by atoms with Gasteiger partial charge in [-0.25, -0.2) is 4.79 Å². The zero-order valence-electron chi connectivity index (χ0n) is 19.1. The molecule has 2 heterocycles. The summed E-state index contributed by atoms with van der Waals surface area (Å²) in [5, 5.41) is 0.0138. The maximum absolute atomic E-state index is 12.5. The Kier molecular flexibility index (Phi) is 5.94. The molecule has 1 aromatic rings. The zero-order chi connectivity index (χ0) is 22.5. The fourth-order valence-corrected chi connectivity index (χ4v) is 5.03. The number of carbonyl (C=O) groups is 1. The first-order valence-electron chi connectivity index (χ1n) is 10.6. The predicted octanol–water partition coefficient (Wildman–Crippen LogP) is 3.09. The third-order valence-corrected chi connectivity index (χ3v) is 11.2. The molecule has 1 aliphatic carbocycles. The average molecular weight is 438 g/mol. The van der Waals surface area contributed by atoms with Gasteiger partial charge in [0, 0.05) is 11.6 Å². The number of nitrogen functional groups attached to an aromatic ring is 1. The Hall–Kier alpha value is -1.71. The highest BCUT2D eigenvalue weighted by Crippen LogP contribution is 2.64. The molecule has 30 heavy (non-hydrogen) atoms. The fraction of sp³-hybridized carbons (Fsp3) is 0.762. The number of anilines is 1. The summed E-state index contributed by atoms with van der Waals surface area (Å²) >= 11 is 0. The van der Waals surface area contributed by atoms with Crippen LogP contribution in [0.25, 0.3) is 0 Å². The quantitative estimate of drug-likeness (QED) is 0.538. The molecule has 8 nitrogen and oxygen atoms in total. The normalized spacial score (nSPS) is 25.7. The standard InChI is InChI=1S/C21H35N3O5Si/c1-13(2)17(25)27-12-14-16(29-30(6,7)20(3,4)5)21(9-10-21)18(28-14)24-11-8-15(22)23-19(24)26/h8,11,13-14,16,18H,9-10,12H2,1-7H3,(H2,22,23,26)/t14-,16-,18-/m1/s1. The van der Waals surface area contributed by atoms with Crippen LogP contribution in [0.15, 0.2) is 17.1 Å². The second-order valence-corrected chi connectivity index (χ2v) is 15.1. The van der Waals surface area contributed by atoms with Crippen molar-refractivity contribution in [3.63, 3.8) is 0 Å². The van der Waals surface area contributed by atoms with Gasteiger partial charge in [0.1, 0.15) is 24.8 Å². The van der Waals surface area contributed by atoms with Gasteiger partial charge in [0.25, 0.3) is 0 Å². The molecular formula is C21H35N3O5Si. The van der Waals surface area contributed by atoms with Gasteiger partial charge in [0.2, 0.25) is 0 Å². The minimum Gasteiger partial charge on any atom is -0.463 e. The molecule has 1 saturated heterocycles. The van der Waals surface area contributed by atoms with Gasteiger partial charge < -0.3 is 19.6 Å². The lowest BCUT2D eigenvalue weighted by Gasteiger charge is -2.41. The summed E-state index contributed by atoms with van der Waals surface area (Å²) < 4.78 is 20.2. The molecule has 1 aromatic heterocycles. The van der Waals surface area contributed by atoms with Gasteiger partial charge in [-0.3, -0.25) is 9.36 Å². The predicted molar refractivity (Wildman–Crippen MR) is 116 cm³/mol. The lowest BCUT2D eigenvalue weighted by atomic mass is 9.96. The van der Waals surface area contributed by atoms with Crippen molar-refractivity contribution in [2.45, 2.75) is 84.0 Å². The van der Waals surface area contributed by atoms with E-state index in [9.17, 15) is 9.59 Å². The topological polar surface area (TPSA) is 106 Å². The van der Waals surface area contributed by atoms with Gasteiger partial charge in [0.05, 0.1) is 12.0 Å². The van der Waals surface area contributed by atoms with E-state index in [-0.39, 0.29) is 40.9 Å². The molecule has 1 spiro atoms. The van der Waals surface area contributed by atoms with Gasteiger partial charge >= 0.3 is 11.7 Å². The number of carbonyl (C=O) groups excluding carboxylic acids is 1.